The molecule has 0 bridgehead atoms. The number of nitrogens with one attached hydrogen (secondary N) is 1. The molecule has 28 heavy (non-hydrogen) atoms. The van der Waals surface area contributed by atoms with Crippen LogP contribution in [0.2, 0.25) is 0 Å². The Morgan fingerprint density at radius 1 is 1.11 bits per heavy atom. The number of hydrogen-bond acceptors (Lipinski definition) is 5. The van der Waals surface area contributed by atoms with Crippen molar-refractivity contribution in [3.63, 3.8) is 0 Å². The molecule has 2 aromatic carbocycles. The molecule has 0 saturated heterocycles. The van der Waals surface area contributed by atoms with E-state index in [2.05, 4.69) is 26.1 Å². The minimum atomic E-state index is -3.97. The predicted molar refractivity (Wildman–Crippen MR) is 108 cm³/mol. The maximum Gasteiger partial charge on any atom is 0.241 e. The summed E-state index contributed by atoms with van der Waals surface area (Å²) < 4.78 is 33.8. The van der Waals surface area contributed by atoms with Gasteiger partial charge in [0.1, 0.15) is 16.4 Å². The van der Waals surface area contributed by atoms with Crippen molar-refractivity contribution in [1.82, 2.24) is 0 Å². The summed E-state index contributed by atoms with van der Waals surface area (Å²) in [5, 5.41) is 7.80. The quantitative estimate of drug-likeness (QED) is 0.735. The van der Waals surface area contributed by atoms with Crippen LogP contribution in [0.5, 0.6) is 11.5 Å². The highest BCUT2D eigenvalue weighted by Gasteiger charge is 2.16. The molecule has 0 heterocycles. The van der Waals surface area contributed by atoms with Crippen molar-refractivity contribution >= 4 is 21.6 Å². The van der Waals surface area contributed by atoms with E-state index in [1.54, 1.807) is 0 Å². The van der Waals surface area contributed by atoms with E-state index in [1.165, 1.54) is 30.9 Å². The molecule has 0 atom stereocenters. The van der Waals surface area contributed by atoms with Crippen LogP contribution in [0.4, 0.5) is 5.69 Å². The topological polar surface area (TPSA) is 108 Å². The van der Waals surface area contributed by atoms with Gasteiger partial charge in [0, 0.05) is 5.69 Å². The maximum atomic E-state index is 12.1. The van der Waals surface area contributed by atoms with E-state index < -0.39 is 10.0 Å². The van der Waals surface area contributed by atoms with Gasteiger partial charge in [-0.3, -0.25) is 4.79 Å². The Morgan fingerprint density at radius 2 is 1.75 bits per heavy atom. The number of hydrogen-bond donors (Lipinski definition) is 2. The molecule has 0 aliphatic heterocycles. The lowest BCUT2D eigenvalue weighted by Gasteiger charge is -2.19. The molecule has 0 aliphatic carbocycles. The summed E-state index contributed by atoms with van der Waals surface area (Å²) in [5.41, 5.74) is 1.57. The van der Waals surface area contributed by atoms with Crippen LogP contribution in [-0.2, 0) is 20.2 Å². The third-order valence-electron chi connectivity index (χ3n) is 4.07. The highest BCUT2D eigenvalue weighted by Crippen LogP contribution is 2.26. The lowest BCUT2D eigenvalue weighted by atomic mass is 9.87. The molecule has 0 saturated carbocycles. The summed E-state index contributed by atoms with van der Waals surface area (Å²) in [6.07, 6.45) is 0.109. The first-order valence-electron chi connectivity index (χ1n) is 8.75. The second kappa shape index (κ2) is 8.62. The van der Waals surface area contributed by atoms with Crippen LogP contribution in [0.1, 0.15) is 32.8 Å². The SMILES string of the molecule is COc1ccc(NC(=O)CCOc2ccc(C(C)(C)C)cc2)cc1S(N)(=O)=O. The van der Waals surface area contributed by atoms with E-state index in [0.717, 1.165) is 0 Å². The smallest absolute Gasteiger partial charge is 0.241 e. The number of ether oxygens (including phenoxy) is 2. The molecule has 152 valence electrons. The Balaban J connectivity index is 1.92. The molecule has 8 heteroatoms. The molecular formula is C20H26N2O5S. The Bertz CT molecular complexity index is 932. The summed E-state index contributed by atoms with van der Waals surface area (Å²) in [7, 11) is -2.63. The lowest BCUT2D eigenvalue weighted by Crippen LogP contribution is -2.17. The zero-order valence-corrected chi connectivity index (χ0v) is 17.3. The van der Waals surface area contributed by atoms with Gasteiger partial charge in [-0.05, 0) is 41.3 Å². The number of primary sulfonamides is 1. The number of nitrogens with two attached hydrogens (primary N) is 1. The van der Waals surface area contributed by atoms with Gasteiger partial charge in [0.05, 0.1) is 20.1 Å². The number of carbonyl (C=O) groups is 1. The molecule has 0 radical (unpaired) electrons. The first kappa shape index (κ1) is 21.7. The van der Waals surface area contributed by atoms with E-state index in [4.69, 9.17) is 14.6 Å². The molecular weight excluding hydrogens is 380 g/mol. The average molecular weight is 407 g/mol. The molecule has 0 aromatic heterocycles. The first-order valence-corrected chi connectivity index (χ1v) is 10.3. The molecule has 0 unspecified atom stereocenters. The van der Waals surface area contributed by atoms with Gasteiger partial charge >= 0.3 is 0 Å². The van der Waals surface area contributed by atoms with Crippen molar-refractivity contribution in [3.05, 3.63) is 48.0 Å². The predicted octanol–water partition coefficient (Wildman–Crippen LogP) is 3.05. The fourth-order valence-electron chi connectivity index (χ4n) is 2.51. The fourth-order valence-corrected chi connectivity index (χ4v) is 3.24. The van der Waals surface area contributed by atoms with Crippen molar-refractivity contribution in [2.45, 2.75) is 37.5 Å². The monoisotopic (exact) mass is 406 g/mol. The van der Waals surface area contributed by atoms with Crippen LogP contribution in [0.25, 0.3) is 0 Å². The number of sulfonamides is 1. The molecule has 0 fully saturated rings. The number of carbonyl (C=O) groups excluding carboxylic acids is 1. The first-order chi connectivity index (χ1) is 13.0. The van der Waals surface area contributed by atoms with Gasteiger partial charge in [-0.15, -0.1) is 0 Å². The maximum absolute atomic E-state index is 12.1. The molecule has 7 nitrogen and oxygen atoms in total. The molecule has 2 aromatic rings. The largest absolute Gasteiger partial charge is 0.495 e. The van der Waals surface area contributed by atoms with Gasteiger partial charge in [-0.1, -0.05) is 32.9 Å². The number of anilines is 1. The minimum Gasteiger partial charge on any atom is -0.495 e. The van der Waals surface area contributed by atoms with E-state index in [9.17, 15) is 13.2 Å². The van der Waals surface area contributed by atoms with E-state index in [0.29, 0.717) is 11.4 Å². The van der Waals surface area contributed by atoms with Crippen LogP contribution in [0.3, 0.4) is 0 Å². The zero-order valence-electron chi connectivity index (χ0n) is 16.5. The molecule has 0 spiro atoms. The number of amides is 1. The van der Waals surface area contributed by atoms with E-state index >= 15 is 0 Å². The van der Waals surface area contributed by atoms with Gasteiger partial charge in [-0.2, -0.15) is 0 Å². The summed E-state index contributed by atoms with van der Waals surface area (Å²) in [6, 6.07) is 12.0. The molecule has 0 aliphatic rings. The standard InChI is InChI=1S/C20H26N2O5S/c1-20(2,3)14-5-8-16(9-6-14)27-12-11-19(23)22-15-7-10-17(26-4)18(13-15)28(21,24)25/h5-10,13H,11-12H2,1-4H3,(H,22,23)(H2,21,24,25). The van der Waals surface area contributed by atoms with Crippen molar-refractivity contribution in [2.75, 3.05) is 19.0 Å². The summed E-state index contributed by atoms with van der Waals surface area (Å²) in [5.74, 6) is 0.487. The molecule has 3 N–H and O–H groups in total. The van der Waals surface area contributed by atoms with Gasteiger partial charge in [0.25, 0.3) is 0 Å². The van der Waals surface area contributed by atoms with Gasteiger partial charge < -0.3 is 14.8 Å². The lowest BCUT2D eigenvalue weighted by molar-refractivity contribution is -0.116. The Hall–Kier alpha value is -2.58. The third-order valence-corrected chi connectivity index (χ3v) is 5.00. The summed E-state index contributed by atoms with van der Waals surface area (Å²) in [6.45, 7) is 6.59. The van der Waals surface area contributed by atoms with Gasteiger partial charge in [0.15, 0.2) is 0 Å². The van der Waals surface area contributed by atoms with Crippen molar-refractivity contribution in [1.29, 1.82) is 0 Å². The Labute approximate surface area is 165 Å². The normalized spacial score (nSPS) is 11.8. The highest BCUT2D eigenvalue weighted by molar-refractivity contribution is 7.89. The van der Waals surface area contributed by atoms with Crippen LogP contribution in [0.15, 0.2) is 47.4 Å². The number of methoxy groups -OCH3 is 1. The van der Waals surface area contributed by atoms with Crippen LogP contribution in [0, 0.1) is 0 Å². The zero-order chi connectivity index (χ0) is 20.9. The molecule has 2 rings (SSSR count). The highest BCUT2D eigenvalue weighted by atomic mass is 32.2. The Morgan fingerprint density at radius 3 is 2.29 bits per heavy atom. The third kappa shape index (κ3) is 5.97. The summed E-state index contributed by atoms with van der Waals surface area (Å²) in [4.78, 5) is 11.9. The second-order valence-electron chi connectivity index (χ2n) is 7.33. The van der Waals surface area contributed by atoms with Gasteiger partial charge in [0.2, 0.25) is 15.9 Å². The van der Waals surface area contributed by atoms with Crippen LogP contribution in [-0.4, -0.2) is 28.0 Å². The van der Waals surface area contributed by atoms with Crippen LogP contribution >= 0.6 is 0 Å². The molecule has 1 amide bonds. The van der Waals surface area contributed by atoms with Gasteiger partial charge in [-0.25, -0.2) is 13.6 Å². The van der Waals surface area contributed by atoms with Crippen molar-refractivity contribution in [3.8, 4) is 11.5 Å². The summed E-state index contributed by atoms with van der Waals surface area (Å²) >= 11 is 0. The average Bonchev–Trinajstić information content (AvgIpc) is 2.60. The second-order valence-corrected chi connectivity index (χ2v) is 8.86. The minimum absolute atomic E-state index is 0.0621. The fraction of sp³-hybridized carbons (Fsp3) is 0.350. The van der Waals surface area contributed by atoms with Crippen molar-refractivity contribution < 1.29 is 22.7 Å². The van der Waals surface area contributed by atoms with Crippen molar-refractivity contribution in [2.24, 2.45) is 5.14 Å². The van der Waals surface area contributed by atoms with E-state index in [-0.39, 0.29) is 35.0 Å². The number of rotatable bonds is 7. The Kier molecular flexibility index (Phi) is 6.69. The van der Waals surface area contributed by atoms with Crippen LogP contribution < -0.4 is 19.9 Å². The number of benzene rings is 2. The van der Waals surface area contributed by atoms with E-state index in [1.807, 2.05) is 24.3 Å².